The van der Waals surface area contributed by atoms with E-state index in [1.165, 1.54) is 38.4 Å². The van der Waals surface area contributed by atoms with Crippen molar-refractivity contribution < 1.29 is 12.9 Å². The predicted octanol–water partition coefficient (Wildman–Crippen LogP) is 3.06. The predicted molar refractivity (Wildman–Crippen MR) is 84.7 cm³/mol. The molecule has 2 rings (SSSR count). The van der Waals surface area contributed by atoms with Crippen molar-refractivity contribution in [1.29, 1.82) is 0 Å². The van der Waals surface area contributed by atoms with Crippen LogP contribution in [0.3, 0.4) is 0 Å². The molecule has 0 N–H and O–H groups in total. The van der Waals surface area contributed by atoms with E-state index >= 15 is 0 Å². The van der Waals surface area contributed by atoms with Crippen molar-refractivity contribution >= 4 is 21.6 Å². The quantitative estimate of drug-likeness (QED) is 0.715. The van der Waals surface area contributed by atoms with Crippen LogP contribution in [-0.2, 0) is 21.3 Å². The summed E-state index contributed by atoms with van der Waals surface area (Å²) >= 11 is 1.79. The minimum atomic E-state index is -3.10. The molecule has 2 atom stereocenters. The van der Waals surface area contributed by atoms with E-state index < -0.39 is 9.84 Å². The molecular formula is C14H24N2O3S2. The van der Waals surface area contributed by atoms with E-state index in [2.05, 4.69) is 17.1 Å². The van der Waals surface area contributed by atoms with Crippen LogP contribution >= 0.6 is 11.8 Å². The van der Waals surface area contributed by atoms with Crippen molar-refractivity contribution in [2.24, 2.45) is 11.8 Å². The number of hydrogen-bond acceptors (Lipinski definition) is 6. The largest absolute Gasteiger partial charge is 0.338 e. The molecule has 0 amide bonds. The third-order valence-corrected chi connectivity index (χ3v) is 5.60. The molecule has 1 heterocycles. The molecule has 0 saturated heterocycles. The Kier molecular flexibility index (Phi) is 6.10. The summed E-state index contributed by atoms with van der Waals surface area (Å²) in [5, 5.41) is 3.70. The fourth-order valence-electron chi connectivity index (χ4n) is 2.87. The zero-order valence-corrected chi connectivity index (χ0v) is 14.4. The van der Waals surface area contributed by atoms with Crippen molar-refractivity contribution in [1.82, 2.24) is 10.1 Å². The second kappa shape index (κ2) is 7.63. The van der Waals surface area contributed by atoms with Gasteiger partial charge in [0.2, 0.25) is 5.89 Å². The molecule has 1 saturated carbocycles. The summed E-state index contributed by atoms with van der Waals surface area (Å²) in [6.45, 7) is 2.35. The zero-order chi connectivity index (χ0) is 15.3. The van der Waals surface area contributed by atoms with Gasteiger partial charge in [0.25, 0.3) is 0 Å². The lowest BCUT2D eigenvalue weighted by molar-refractivity contribution is 0.278. The zero-order valence-electron chi connectivity index (χ0n) is 12.7. The lowest BCUT2D eigenvalue weighted by Crippen LogP contribution is -2.13. The standard InChI is InChI=1S/C14H24N2O3S2/c1-11-4-3-5-12(8-11)6-7-20-9-14-15-13(16-19-14)10-21(2,17)18/h11-12H,3-10H2,1-2H3/t11-,12+/m1/s1. The van der Waals surface area contributed by atoms with E-state index in [0.29, 0.717) is 11.6 Å². The van der Waals surface area contributed by atoms with Crippen LogP contribution in [0.25, 0.3) is 0 Å². The molecule has 1 aromatic rings. The van der Waals surface area contributed by atoms with Gasteiger partial charge < -0.3 is 4.52 Å². The maximum Gasteiger partial charge on any atom is 0.236 e. The maximum atomic E-state index is 11.1. The first-order chi connectivity index (χ1) is 9.92. The Hall–Kier alpha value is -0.560. The summed E-state index contributed by atoms with van der Waals surface area (Å²) in [6.07, 6.45) is 7.90. The first-order valence-corrected chi connectivity index (χ1v) is 10.7. The molecule has 7 heteroatoms. The van der Waals surface area contributed by atoms with Gasteiger partial charge in [-0.05, 0) is 30.4 Å². The summed E-state index contributed by atoms with van der Waals surface area (Å²) in [4.78, 5) is 4.11. The van der Waals surface area contributed by atoms with Crippen LogP contribution in [0.15, 0.2) is 4.52 Å². The first-order valence-electron chi connectivity index (χ1n) is 7.49. The van der Waals surface area contributed by atoms with Gasteiger partial charge in [-0.15, -0.1) is 0 Å². The molecule has 1 aliphatic carbocycles. The van der Waals surface area contributed by atoms with Gasteiger partial charge in [-0.25, -0.2) is 8.42 Å². The lowest BCUT2D eigenvalue weighted by atomic mass is 9.81. The Morgan fingerprint density at radius 2 is 2.19 bits per heavy atom. The number of thioether (sulfide) groups is 1. The van der Waals surface area contributed by atoms with E-state index in [1.807, 2.05) is 0 Å². The molecule has 0 spiro atoms. The molecule has 5 nitrogen and oxygen atoms in total. The van der Waals surface area contributed by atoms with Crippen LogP contribution in [0.4, 0.5) is 0 Å². The highest BCUT2D eigenvalue weighted by molar-refractivity contribution is 7.98. The van der Waals surface area contributed by atoms with Crippen LogP contribution < -0.4 is 0 Å². The molecule has 120 valence electrons. The van der Waals surface area contributed by atoms with Crippen molar-refractivity contribution in [3.8, 4) is 0 Å². The SMILES string of the molecule is C[C@@H]1CCC[C@@H](CCSCc2nc(CS(C)(=O)=O)no2)C1. The third-order valence-electron chi connectivity index (χ3n) is 3.84. The first kappa shape index (κ1) is 16.8. The molecular weight excluding hydrogens is 308 g/mol. The normalized spacial score (nSPS) is 23.3. The summed E-state index contributed by atoms with van der Waals surface area (Å²) in [7, 11) is -3.10. The lowest BCUT2D eigenvalue weighted by Gasteiger charge is -2.26. The molecule has 21 heavy (non-hydrogen) atoms. The van der Waals surface area contributed by atoms with Gasteiger partial charge in [0.1, 0.15) is 5.75 Å². The summed E-state index contributed by atoms with van der Waals surface area (Å²) in [5.74, 6) is 4.14. The van der Waals surface area contributed by atoms with Crippen molar-refractivity contribution in [3.63, 3.8) is 0 Å². The van der Waals surface area contributed by atoms with Crippen LogP contribution in [0, 0.1) is 11.8 Å². The summed E-state index contributed by atoms with van der Waals surface area (Å²) in [6, 6.07) is 0. The smallest absolute Gasteiger partial charge is 0.236 e. The molecule has 1 aliphatic rings. The highest BCUT2D eigenvalue weighted by atomic mass is 32.2. The molecule has 0 unspecified atom stereocenters. The molecule has 0 bridgehead atoms. The summed E-state index contributed by atoms with van der Waals surface area (Å²) in [5.41, 5.74) is 0. The second-order valence-corrected chi connectivity index (χ2v) is 9.40. The Bertz CT molecular complexity index is 542. The number of hydrogen-bond donors (Lipinski definition) is 0. The van der Waals surface area contributed by atoms with E-state index in [9.17, 15) is 8.42 Å². The van der Waals surface area contributed by atoms with Crippen molar-refractivity contribution in [2.75, 3.05) is 12.0 Å². The second-order valence-electron chi connectivity index (χ2n) is 6.15. The van der Waals surface area contributed by atoms with Gasteiger partial charge in [0.15, 0.2) is 15.7 Å². The van der Waals surface area contributed by atoms with Crippen molar-refractivity contribution in [3.05, 3.63) is 11.7 Å². The fraction of sp³-hybridized carbons (Fsp3) is 0.857. The minimum absolute atomic E-state index is 0.152. The molecule has 1 fully saturated rings. The van der Waals surface area contributed by atoms with E-state index in [0.717, 1.165) is 17.6 Å². The van der Waals surface area contributed by atoms with Crippen LogP contribution in [0.2, 0.25) is 0 Å². The van der Waals surface area contributed by atoms with Gasteiger partial charge in [-0.2, -0.15) is 16.7 Å². The van der Waals surface area contributed by atoms with Crippen LogP contribution in [-0.4, -0.2) is 30.6 Å². The number of rotatable bonds is 7. The van der Waals surface area contributed by atoms with Gasteiger partial charge in [-0.3, -0.25) is 0 Å². The Labute approximate surface area is 131 Å². The number of nitrogens with zero attached hydrogens (tertiary/aromatic N) is 2. The Morgan fingerprint density at radius 3 is 2.90 bits per heavy atom. The fourth-order valence-corrected chi connectivity index (χ4v) is 4.40. The van der Waals surface area contributed by atoms with Gasteiger partial charge in [-0.1, -0.05) is 31.3 Å². The number of sulfone groups is 1. The van der Waals surface area contributed by atoms with E-state index in [4.69, 9.17) is 4.52 Å². The average Bonchev–Trinajstić information content (AvgIpc) is 2.80. The Morgan fingerprint density at radius 1 is 1.38 bits per heavy atom. The molecule has 0 aliphatic heterocycles. The topological polar surface area (TPSA) is 73.1 Å². The van der Waals surface area contributed by atoms with Crippen molar-refractivity contribution in [2.45, 2.75) is 50.5 Å². The summed E-state index contributed by atoms with van der Waals surface area (Å²) < 4.78 is 27.4. The monoisotopic (exact) mass is 332 g/mol. The maximum absolute atomic E-state index is 11.1. The highest BCUT2D eigenvalue weighted by Crippen LogP contribution is 2.31. The van der Waals surface area contributed by atoms with E-state index in [-0.39, 0.29) is 11.6 Å². The molecule has 1 aromatic heterocycles. The van der Waals surface area contributed by atoms with Gasteiger partial charge in [0, 0.05) is 6.26 Å². The minimum Gasteiger partial charge on any atom is -0.338 e. The number of aromatic nitrogens is 2. The third kappa shape index (κ3) is 6.38. The van der Waals surface area contributed by atoms with Crippen LogP contribution in [0.1, 0.15) is 50.7 Å². The highest BCUT2D eigenvalue weighted by Gasteiger charge is 2.18. The molecule has 0 radical (unpaired) electrons. The molecule has 0 aromatic carbocycles. The average molecular weight is 332 g/mol. The van der Waals surface area contributed by atoms with Crippen LogP contribution in [0.5, 0.6) is 0 Å². The van der Waals surface area contributed by atoms with Gasteiger partial charge in [0.05, 0.1) is 5.75 Å². The van der Waals surface area contributed by atoms with Gasteiger partial charge >= 0.3 is 0 Å². The Balaban J connectivity index is 1.67. The van der Waals surface area contributed by atoms with E-state index in [1.54, 1.807) is 11.8 Å².